The molecule has 0 amide bonds. The van der Waals surface area contributed by atoms with Crippen LogP contribution in [0, 0.1) is 30.2 Å². The maximum atomic E-state index is 13.9. The molecular weight excluding hydrogens is 262 g/mol. The highest BCUT2D eigenvalue weighted by Crippen LogP contribution is 2.38. The van der Waals surface area contributed by atoms with Gasteiger partial charge in [0.1, 0.15) is 0 Å². The van der Waals surface area contributed by atoms with Crippen LogP contribution < -0.4 is 5.43 Å². The van der Waals surface area contributed by atoms with Crippen LogP contribution in [0.4, 0.5) is 17.6 Å². The topological polar surface area (TPSA) is 22.0 Å². The largest absolute Gasteiger partial charge is 0.341 e. The summed E-state index contributed by atoms with van der Waals surface area (Å²) in [6.07, 6.45) is 2.83. The third-order valence-electron chi connectivity index (χ3n) is 3.36. The van der Waals surface area contributed by atoms with E-state index in [0.717, 1.165) is 12.8 Å². The standard InChI is InChI=1S/C13H9F4NO/c1-5-4-18(6-2-3-6)12-7(13(5)19)8(14)9(15)10(16)11(12)17/h4,6H,2-3H2,1H3. The number of nitrogens with zero attached hydrogens (tertiary/aromatic N) is 1. The zero-order valence-electron chi connectivity index (χ0n) is 9.94. The molecule has 0 spiro atoms. The van der Waals surface area contributed by atoms with Crippen molar-refractivity contribution in [2.45, 2.75) is 25.8 Å². The predicted octanol–water partition coefficient (Wildman–Crippen LogP) is 3.20. The minimum absolute atomic E-state index is 0.0967. The quantitative estimate of drug-likeness (QED) is 0.443. The van der Waals surface area contributed by atoms with Crippen LogP contribution in [0.5, 0.6) is 0 Å². The van der Waals surface area contributed by atoms with E-state index in [4.69, 9.17) is 0 Å². The molecule has 0 saturated heterocycles. The summed E-state index contributed by atoms with van der Waals surface area (Å²) < 4.78 is 55.5. The van der Waals surface area contributed by atoms with Gasteiger partial charge in [-0.3, -0.25) is 4.79 Å². The normalized spacial score (nSPS) is 15.2. The number of rotatable bonds is 1. The molecule has 0 atom stereocenters. The van der Waals surface area contributed by atoms with Gasteiger partial charge in [0.05, 0.1) is 10.9 Å². The fourth-order valence-electron chi connectivity index (χ4n) is 2.24. The number of benzene rings is 1. The Labute approximate surface area is 105 Å². The molecule has 0 bridgehead atoms. The number of aryl methyl sites for hydroxylation is 1. The molecule has 3 rings (SSSR count). The number of hydrogen-bond acceptors (Lipinski definition) is 1. The highest BCUT2D eigenvalue weighted by Gasteiger charge is 2.30. The van der Waals surface area contributed by atoms with Crippen LogP contribution in [0.2, 0.25) is 0 Å². The smallest absolute Gasteiger partial charge is 0.199 e. The third-order valence-corrected chi connectivity index (χ3v) is 3.36. The molecule has 1 aliphatic rings. The summed E-state index contributed by atoms with van der Waals surface area (Å²) in [5.74, 6) is -6.98. The molecule has 2 nitrogen and oxygen atoms in total. The minimum Gasteiger partial charge on any atom is -0.341 e. The van der Waals surface area contributed by atoms with Crippen molar-refractivity contribution in [3.63, 3.8) is 0 Å². The molecule has 0 unspecified atom stereocenters. The third kappa shape index (κ3) is 1.59. The van der Waals surface area contributed by atoms with Crippen molar-refractivity contribution in [1.29, 1.82) is 0 Å². The Morgan fingerprint density at radius 1 is 1.05 bits per heavy atom. The van der Waals surface area contributed by atoms with E-state index in [9.17, 15) is 22.4 Å². The Morgan fingerprint density at radius 2 is 1.63 bits per heavy atom. The van der Waals surface area contributed by atoms with E-state index in [-0.39, 0.29) is 11.6 Å². The van der Waals surface area contributed by atoms with Crippen molar-refractivity contribution >= 4 is 10.9 Å². The van der Waals surface area contributed by atoms with E-state index in [0.29, 0.717) is 0 Å². The number of pyridine rings is 1. The molecule has 1 aromatic heterocycles. The molecule has 0 aliphatic heterocycles. The number of halogens is 4. The van der Waals surface area contributed by atoms with Crippen molar-refractivity contribution in [3.8, 4) is 0 Å². The van der Waals surface area contributed by atoms with Gasteiger partial charge in [-0.25, -0.2) is 17.6 Å². The fourth-order valence-corrected chi connectivity index (χ4v) is 2.24. The van der Waals surface area contributed by atoms with Crippen LogP contribution in [0.3, 0.4) is 0 Å². The van der Waals surface area contributed by atoms with Gasteiger partial charge in [0.15, 0.2) is 28.7 Å². The maximum Gasteiger partial charge on any atom is 0.199 e. The maximum absolute atomic E-state index is 13.9. The molecule has 0 radical (unpaired) electrons. The molecule has 100 valence electrons. The van der Waals surface area contributed by atoms with Gasteiger partial charge in [-0.15, -0.1) is 0 Å². The van der Waals surface area contributed by atoms with Crippen molar-refractivity contribution in [3.05, 3.63) is 45.3 Å². The summed E-state index contributed by atoms with van der Waals surface area (Å²) in [5, 5.41) is -0.719. The van der Waals surface area contributed by atoms with Crippen LogP contribution in [-0.4, -0.2) is 4.57 Å². The second kappa shape index (κ2) is 3.82. The SMILES string of the molecule is Cc1cn(C2CC2)c2c(F)c(F)c(F)c(F)c2c1=O. The molecule has 19 heavy (non-hydrogen) atoms. The molecule has 1 aliphatic carbocycles. The molecule has 1 saturated carbocycles. The Hall–Kier alpha value is -1.85. The summed E-state index contributed by atoms with van der Waals surface area (Å²) in [4.78, 5) is 11.9. The van der Waals surface area contributed by atoms with Crippen LogP contribution in [0.25, 0.3) is 10.9 Å². The van der Waals surface area contributed by atoms with Gasteiger partial charge in [0.2, 0.25) is 0 Å². The van der Waals surface area contributed by atoms with Crippen LogP contribution in [0.15, 0.2) is 11.0 Å². The van der Waals surface area contributed by atoms with Gasteiger partial charge < -0.3 is 4.57 Å². The molecular formula is C13H9F4NO. The molecule has 1 heterocycles. The van der Waals surface area contributed by atoms with E-state index in [1.165, 1.54) is 17.7 Å². The first-order chi connectivity index (χ1) is 8.93. The average Bonchev–Trinajstić information content (AvgIpc) is 3.20. The average molecular weight is 271 g/mol. The second-order valence-corrected chi connectivity index (χ2v) is 4.76. The van der Waals surface area contributed by atoms with Crippen LogP contribution >= 0.6 is 0 Å². The lowest BCUT2D eigenvalue weighted by molar-refractivity contribution is 0.415. The van der Waals surface area contributed by atoms with Gasteiger partial charge in [-0.05, 0) is 19.8 Å². The first kappa shape index (κ1) is 12.2. The minimum atomic E-state index is -1.95. The molecule has 1 fully saturated rings. The van der Waals surface area contributed by atoms with E-state index < -0.39 is 39.6 Å². The first-order valence-corrected chi connectivity index (χ1v) is 5.81. The fraction of sp³-hybridized carbons (Fsp3) is 0.308. The highest BCUT2D eigenvalue weighted by atomic mass is 19.2. The van der Waals surface area contributed by atoms with Crippen molar-refractivity contribution in [1.82, 2.24) is 4.57 Å². The number of aromatic nitrogens is 1. The Morgan fingerprint density at radius 3 is 2.21 bits per heavy atom. The van der Waals surface area contributed by atoms with Crippen LogP contribution in [-0.2, 0) is 0 Å². The van der Waals surface area contributed by atoms with E-state index in [1.807, 2.05) is 0 Å². The van der Waals surface area contributed by atoms with E-state index in [1.54, 1.807) is 0 Å². The van der Waals surface area contributed by atoms with Gasteiger partial charge >= 0.3 is 0 Å². The number of fused-ring (bicyclic) bond motifs is 1. The number of hydrogen-bond donors (Lipinski definition) is 0. The Bertz CT molecular complexity index is 762. The van der Waals surface area contributed by atoms with Crippen molar-refractivity contribution in [2.24, 2.45) is 0 Å². The summed E-state index contributed by atoms with van der Waals surface area (Å²) in [5.41, 5.74) is -1.14. The van der Waals surface area contributed by atoms with Crippen molar-refractivity contribution < 1.29 is 17.6 Å². The van der Waals surface area contributed by atoms with Gasteiger partial charge in [0, 0.05) is 17.8 Å². The van der Waals surface area contributed by atoms with E-state index >= 15 is 0 Å². The molecule has 2 aromatic rings. The monoisotopic (exact) mass is 271 g/mol. The van der Waals surface area contributed by atoms with Crippen molar-refractivity contribution in [2.75, 3.05) is 0 Å². The van der Waals surface area contributed by atoms with E-state index in [2.05, 4.69) is 0 Å². The zero-order chi connectivity index (χ0) is 13.9. The summed E-state index contributed by atoms with van der Waals surface area (Å²) in [6, 6.07) is -0.0967. The van der Waals surface area contributed by atoms with Crippen LogP contribution in [0.1, 0.15) is 24.4 Å². The van der Waals surface area contributed by atoms with Gasteiger partial charge in [-0.1, -0.05) is 0 Å². The summed E-state index contributed by atoms with van der Waals surface area (Å²) in [7, 11) is 0. The molecule has 0 N–H and O–H groups in total. The molecule has 1 aromatic carbocycles. The zero-order valence-corrected chi connectivity index (χ0v) is 9.94. The lowest BCUT2D eigenvalue weighted by atomic mass is 10.1. The Balaban J connectivity index is 2.60. The Kier molecular flexibility index (Phi) is 2.45. The highest BCUT2D eigenvalue weighted by molar-refractivity contribution is 5.81. The van der Waals surface area contributed by atoms with Gasteiger partial charge in [0.25, 0.3) is 0 Å². The first-order valence-electron chi connectivity index (χ1n) is 5.81. The predicted molar refractivity (Wildman–Crippen MR) is 61.0 cm³/mol. The molecule has 6 heteroatoms. The second-order valence-electron chi connectivity index (χ2n) is 4.76. The van der Waals surface area contributed by atoms with Gasteiger partial charge in [-0.2, -0.15) is 0 Å². The lowest BCUT2D eigenvalue weighted by Gasteiger charge is -2.13. The summed E-state index contributed by atoms with van der Waals surface area (Å²) >= 11 is 0. The summed E-state index contributed by atoms with van der Waals surface area (Å²) in [6.45, 7) is 1.43. The lowest BCUT2D eigenvalue weighted by Crippen LogP contribution is -2.16.